The molecule has 1 aromatic carbocycles. The highest BCUT2D eigenvalue weighted by Gasteiger charge is 2.15. The van der Waals surface area contributed by atoms with Gasteiger partial charge in [0.05, 0.1) is 11.3 Å². The lowest BCUT2D eigenvalue weighted by Gasteiger charge is -2.16. The molecule has 0 unspecified atom stereocenters. The molecule has 1 aromatic heterocycles. The first-order valence-electron chi connectivity index (χ1n) is 9.17. The number of fused-ring (bicyclic) bond motifs is 1. The van der Waals surface area contributed by atoms with Crippen molar-refractivity contribution in [3.05, 3.63) is 42.1 Å². The number of nitrogens with one attached hydrogen (secondary N) is 2. The maximum atomic E-state index is 12.4. The van der Waals surface area contributed by atoms with Crippen LogP contribution in [0.1, 0.15) is 44.1 Å². The third-order valence-electron chi connectivity index (χ3n) is 4.80. The molecule has 0 amide bonds. The van der Waals surface area contributed by atoms with Crippen molar-refractivity contribution in [2.75, 3.05) is 13.1 Å². The molecule has 7 heteroatoms. The van der Waals surface area contributed by atoms with Gasteiger partial charge in [-0.25, -0.2) is 13.1 Å². The zero-order valence-electron chi connectivity index (χ0n) is 15.0. The minimum absolute atomic E-state index is 0. The van der Waals surface area contributed by atoms with Gasteiger partial charge in [-0.15, -0.1) is 12.4 Å². The van der Waals surface area contributed by atoms with Crippen LogP contribution in [-0.2, 0) is 15.8 Å². The summed E-state index contributed by atoms with van der Waals surface area (Å²) in [6.07, 6.45) is 9.30. The number of rotatable bonds is 7. The van der Waals surface area contributed by atoms with Crippen LogP contribution in [0, 0.1) is 0 Å². The SMILES string of the molecule is Cl.O=S(=O)(Cc1cccc2cccnc12)NCCNC1CCCCCC1. The van der Waals surface area contributed by atoms with Crippen LogP contribution in [0.5, 0.6) is 0 Å². The van der Waals surface area contributed by atoms with E-state index in [2.05, 4.69) is 15.0 Å². The number of halogens is 1. The molecule has 1 saturated carbocycles. The summed E-state index contributed by atoms with van der Waals surface area (Å²) in [4.78, 5) is 4.33. The van der Waals surface area contributed by atoms with E-state index in [0.29, 0.717) is 19.1 Å². The normalized spacial score (nSPS) is 16.2. The molecule has 0 bridgehead atoms. The fourth-order valence-electron chi connectivity index (χ4n) is 3.51. The highest BCUT2D eigenvalue weighted by molar-refractivity contribution is 7.88. The molecule has 2 aromatic rings. The second-order valence-corrected chi connectivity index (χ2v) is 8.60. The Hall–Kier alpha value is -1.21. The molecule has 1 aliphatic carbocycles. The first kappa shape index (κ1) is 21.1. The van der Waals surface area contributed by atoms with Crippen molar-refractivity contribution in [2.45, 2.75) is 50.3 Å². The van der Waals surface area contributed by atoms with Crippen LogP contribution in [0.15, 0.2) is 36.5 Å². The maximum Gasteiger partial charge on any atom is 0.215 e. The molecule has 1 aliphatic rings. The summed E-state index contributed by atoms with van der Waals surface area (Å²) in [7, 11) is -3.37. The van der Waals surface area contributed by atoms with E-state index < -0.39 is 10.0 Å². The number of hydrogen-bond acceptors (Lipinski definition) is 4. The predicted octanol–water partition coefficient (Wildman–Crippen LogP) is 3.39. The van der Waals surface area contributed by atoms with Crippen LogP contribution >= 0.6 is 12.4 Å². The van der Waals surface area contributed by atoms with Gasteiger partial charge in [-0.2, -0.15) is 0 Å². The van der Waals surface area contributed by atoms with Gasteiger partial charge in [-0.3, -0.25) is 4.98 Å². The van der Waals surface area contributed by atoms with Gasteiger partial charge in [0.25, 0.3) is 0 Å². The van der Waals surface area contributed by atoms with Crippen LogP contribution in [0.2, 0.25) is 0 Å². The van der Waals surface area contributed by atoms with E-state index in [1.807, 2.05) is 30.3 Å². The first-order valence-corrected chi connectivity index (χ1v) is 10.8. The van der Waals surface area contributed by atoms with Gasteiger partial charge in [-0.1, -0.05) is 49.9 Å². The van der Waals surface area contributed by atoms with E-state index in [-0.39, 0.29) is 18.2 Å². The van der Waals surface area contributed by atoms with E-state index in [1.165, 1.54) is 38.5 Å². The summed E-state index contributed by atoms with van der Waals surface area (Å²) in [6, 6.07) is 10.00. The Balaban J connectivity index is 0.00000243. The second-order valence-electron chi connectivity index (χ2n) is 6.79. The zero-order chi connectivity index (χ0) is 17.5. The molecule has 2 N–H and O–H groups in total. The van der Waals surface area contributed by atoms with Crippen molar-refractivity contribution in [3.63, 3.8) is 0 Å². The van der Waals surface area contributed by atoms with Crippen molar-refractivity contribution < 1.29 is 8.42 Å². The van der Waals surface area contributed by atoms with Crippen LogP contribution in [0.3, 0.4) is 0 Å². The van der Waals surface area contributed by atoms with Gasteiger partial charge in [-0.05, 0) is 24.5 Å². The van der Waals surface area contributed by atoms with Crippen LogP contribution < -0.4 is 10.0 Å². The monoisotopic (exact) mass is 397 g/mol. The summed E-state index contributed by atoms with van der Waals surface area (Å²) in [5.74, 6) is -0.0369. The molecule has 0 saturated heterocycles. The summed E-state index contributed by atoms with van der Waals surface area (Å²) >= 11 is 0. The van der Waals surface area contributed by atoms with Crippen LogP contribution in [-0.4, -0.2) is 32.5 Å². The number of pyridine rings is 1. The second kappa shape index (κ2) is 10.2. The average molecular weight is 398 g/mol. The van der Waals surface area contributed by atoms with Crippen molar-refractivity contribution in [2.24, 2.45) is 0 Å². The number of hydrogen-bond donors (Lipinski definition) is 2. The Morgan fingerprint density at radius 1 is 1.00 bits per heavy atom. The molecule has 26 heavy (non-hydrogen) atoms. The minimum atomic E-state index is -3.37. The van der Waals surface area contributed by atoms with E-state index >= 15 is 0 Å². The fourth-order valence-corrected chi connectivity index (χ4v) is 4.66. The molecule has 3 rings (SSSR count). The number of benzene rings is 1. The van der Waals surface area contributed by atoms with Gasteiger partial charge in [0.2, 0.25) is 10.0 Å². The molecule has 5 nitrogen and oxygen atoms in total. The molecule has 0 aliphatic heterocycles. The molecule has 1 heterocycles. The zero-order valence-corrected chi connectivity index (χ0v) is 16.6. The summed E-state index contributed by atoms with van der Waals surface area (Å²) in [5, 5.41) is 4.45. The summed E-state index contributed by atoms with van der Waals surface area (Å²) in [5.41, 5.74) is 1.49. The highest BCUT2D eigenvalue weighted by Crippen LogP contribution is 2.18. The van der Waals surface area contributed by atoms with Gasteiger partial charge in [0, 0.05) is 30.7 Å². The van der Waals surface area contributed by atoms with E-state index in [1.54, 1.807) is 6.20 Å². The van der Waals surface area contributed by atoms with Crippen molar-refractivity contribution in [3.8, 4) is 0 Å². The molecule has 0 atom stereocenters. The topological polar surface area (TPSA) is 71.1 Å². The number of para-hydroxylation sites is 1. The van der Waals surface area contributed by atoms with Crippen LogP contribution in [0.25, 0.3) is 10.9 Å². The minimum Gasteiger partial charge on any atom is -0.313 e. The molecule has 144 valence electrons. The number of sulfonamides is 1. The molecule has 0 radical (unpaired) electrons. The standard InChI is InChI=1S/C19H27N3O2S.ClH/c23-25(24,22-14-13-20-18-10-3-1-2-4-11-18)15-17-8-5-7-16-9-6-12-21-19(16)17;/h5-9,12,18,20,22H,1-4,10-11,13-15H2;1H. The Kier molecular flexibility index (Phi) is 8.28. The molecular formula is C19H28ClN3O2S. The highest BCUT2D eigenvalue weighted by atomic mass is 35.5. The van der Waals surface area contributed by atoms with Gasteiger partial charge < -0.3 is 5.32 Å². The average Bonchev–Trinajstić information content (AvgIpc) is 2.88. The Labute approximate surface area is 162 Å². The Morgan fingerprint density at radius 3 is 2.50 bits per heavy atom. The number of nitrogens with zero attached hydrogens (tertiary/aromatic N) is 1. The maximum absolute atomic E-state index is 12.4. The Bertz CT molecular complexity index is 785. The smallest absolute Gasteiger partial charge is 0.215 e. The molecule has 1 fully saturated rings. The largest absolute Gasteiger partial charge is 0.313 e. The summed E-state index contributed by atoms with van der Waals surface area (Å²) in [6.45, 7) is 1.11. The quantitative estimate of drug-likeness (QED) is 0.555. The Morgan fingerprint density at radius 2 is 1.73 bits per heavy atom. The summed E-state index contributed by atoms with van der Waals surface area (Å²) < 4.78 is 27.5. The lowest BCUT2D eigenvalue weighted by molar-refractivity contribution is 0.461. The fraction of sp³-hybridized carbons (Fsp3) is 0.526. The van der Waals surface area contributed by atoms with Crippen molar-refractivity contribution in [1.82, 2.24) is 15.0 Å². The third-order valence-corrected chi connectivity index (χ3v) is 6.13. The third kappa shape index (κ3) is 6.20. The van der Waals surface area contributed by atoms with Gasteiger partial charge in [0.1, 0.15) is 0 Å². The van der Waals surface area contributed by atoms with E-state index in [4.69, 9.17) is 0 Å². The van der Waals surface area contributed by atoms with Crippen molar-refractivity contribution >= 4 is 33.3 Å². The van der Waals surface area contributed by atoms with Gasteiger partial charge in [0.15, 0.2) is 0 Å². The van der Waals surface area contributed by atoms with E-state index in [0.717, 1.165) is 16.5 Å². The first-order chi connectivity index (χ1) is 12.1. The van der Waals surface area contributed by atoms with Gasteiger partial charge >= 0.3 is 0 Å². The lowest BCUT2D eigenvalue weighted by Crippen LogP contribution is -2.37. The number of aromatic nitrogens is 1. The predicted molar refractivity (Wildman–Crippen MR) is 109 cm³/mol. The van der Waals surface area contributed by atoms with Crippen molar-refractivity contribution in [1.29, 1.82) is 0 Å². The van der Waals surface area contributed by atoms with E-state index in [9.17, 15) is 8.42 Å². The lowest BCUT2D eigenvalue weighted by atomic mass is 10.1. The molecule has 0 spiro atoms. The van der Waals surface area contributed by atoms with Crippen LogP contribution in [0.4, 0.5) is 0 Å². The molecular weight excluding hydrogens is 370 g/mol.